The normalized spacial score (nSPS) is 22.6. The van der Waals surface area contributed by atoms with E-state index >= 15 is 0 Å². The molecule has 0 spiro atoms. The first-order valence-electron chi connectivity index (χ1n) is 10.7. The Labute approximate surface area is 173 Å². The summed E-state index contributed by atoms with van der Waals surface area (Å²) in [7, 11) is 0. The number of carbonyl (C=O) groups is 1. The highest BCUT2D eigenvalue weighted by Gasteiger charge is 2.52. The SMILES string of the molecule is O=C1c2ccccc2C[C@]1(c1ccccc1)C1CCN(Cc2ccccc2)CC1. The summed E-state index contributed by atoms with van der Waals surface area (Å²) in [6.45, 7) is 3.11. The lowest BCUT2D eigenvalue weighted by Crippen LogP contribution is -2.47. The largest absolute Gasteiger partial charge is 0.299 e. The fraction of sp³-hybridized carbons (Fsp3) is 0.296. The molecule has 1 atom stereocenters. The summed E-state index contributed by atoms with van der Waals surface area (Å²) in [6.07, 6.45) is 2.98. The predicted octanol–water partition coefficient (Wildman–Crippen LogP) is 5.28. The molecule has 3 aromatic carbocycles. The zero-order valence-corrected chi connectivity index (χ0v) is 16.8. The molecule has 0 bridgehead atoms. The summed E-state index contributed by atoms with van der Waals surface area (Å²) in [4.78, 5) is 16.3. The fourth-order valence-corrected chi connectivity index (χ4v) is 5.48. The van der Waals surface area contributed by atoms with E-state index < -0.39 is 5.41 Å². The lowest BCUT2D eigenvalue weighted by atomic mass is 9.64. The molecule has 0 unspecified atom stereocenters. The summed E-state index contributed by atoms with van der Waals surface area (Å²) in [6, 6.07) is 29.5. The minimum absolute atomic E-state index is 0.334. The van der Waals surface area contributed by atoms with Gasteiger partial charge in [-0.3, -0.25) is 9.69 Å². The first-order valence-corrected chi connectivity index (χ1v) is 10.7. The van der Waals surface area contributed by atoms with E-state index in [9.17, 15) is 4.79 Å². The molecule has 0 N–H and O–H groups in total. The minimum Gasteiger partial charge on any atom is -0.299 e. The van der Waals surface area contributed by atoms with Gasteiger partial charge in [-0.1, -0.05) is 84.9 Å². The first-order chi connectivity index (χ1) is 14.3. The third kappa shape index (κ3) is 3.22. The fourth-order valence-electron chi connectivity index (χ4n) is 5.48. The van der Waals surface area contributed by atoms with Crippen molar-refractivity contribution in [1.82, 2.24) is 4.90 Å². The maximum Gasteiger partial charge on any atom is 0.174 e. The van der Waals surface area contributed by atoms with E-state index in [1.165, 1.54) is 16.7 Å². The Balaban J connectivity index is 1.42. The average molecular weight is 382 g/mol. The van der Waals surface area contributed by atoms with Crippen molar-refractivity contribution in [3.05, 3.63) is 107 Å². The molecule has 1 saturated heterocycles. The van der Waals surface area contributed by atoms with Crippen molar-refractivity contribution in [2.45, 2.75) is 31.2 Å². The summed E-state index contributed by atoms with van der Waals surface area (Å²) < 4.78 is 0. The number of benzene rings is 3. The van der Waals surface area contributed by atoms with E-state index in [1.54, 1.807) is 0 Å². The predicted molar refractivity (Wildman–Crippen MR) is 117 cm³/mol. The summed E-state index contributed by atoms with van der Waals surface area (Å²) in [5, 5.41) is 0. The molecule has 0 aromatic heterocycles. The van der Waals surface area contributed by atoms with E-state index in [-0.39, 0.29) is 0 Å². The third-order valence-corrected chi connectivity index (χ3v) is 6.96. The monoisotopic (exact) mass is 381 g/mol. The summed E-state index contributed by atoms with van der Waals surface area (Å²) >= 11 is 0. The lowest BCUT2D eigenvalue weighted by molar-refractivity contribution is 0.0735. The van der Waals surface area contributed by atoms with Crippen molar-refractivity contribution < 1.29 is 4.79 Å². The van der Waals surface area contributed by atoms with Crippen LogP contribution >= 0.6 is 0 Å². The second-order valence-corrected chi connectivity index (χ2v) is 8.54. The van der Waals surface area contributed by atoms with Gasteiger partial charge in [0.15, 0.2) is 5.78 Å². The standard InChI is InChI=1S/C27H27NO/c29-26-25-14-8-7-11-22(25)19-27(26,23-12-5-2-6-13-23)24-15-17-28(18-16-24)20-21-9-3-1-4-10-21/h1-14,24H,15-20H2/t27-/m0/s1. The lowest BCUT2D eigenvalue weighted by Gasteiger charge is -2.42. The second-order valence-electron chi connectivity index (χ2n) is 8.54. The van der Waals surface area contributed by atoms with Crippen molar-refractivity contribution in [3.8, 4) is 0 Å². The minimum atomic E-state index is -0.399. The Morgan fingerprint density at radius 2 is 1.41 bits per heavy atom. The quantitative estimate of drug-likeness (QED) is 0.613. The van der Waals surface area contributed by atoms with Crippen molar-refractivity contribution in [2.75, 3.05) is 13.1 Å². The number of Topliss-reactive ketones (excluding diaryl/α,β-unsaturated/α-hetero) is 1. The molecule has 0 saturated carbocycles. The molecule has 1 heterocycles. The maximum absolute atomic E-state index is 13.8. The van der Waals surface area contributed by atoms with Gasteiger partial charge in [0.1, 0.15) is 0 Å². The zero-order valence-electron chi connectivity index (χ0n) is 16.8. The van der Waals surface area contributed by atoms with Gasteiger partial charge >= 0.3 is 0 Å². The van der Waals surface area contributed by atoms with Crippen molar-refractivity contribution in [3.63, 3.8) is 0 Å². The summed E-state index contributed by atoms with van der Waals surface area (Å²) in [5.41, 5.74) is 4.32. The zero-order chi connectivity index (χ0) is 19.7. The van der Waals surface area contributed by atoms with Crippen LogP contribution in [0.25, 0.3) is 0 Å². The smallest absolute Gasteiger partial charge is 0.174 e. The molecule has 2 nitrogen and oxygen atoms in total. The van der Waals surface area contributed by atoms with Crippen LogP contribution in [0.5, 0.6) is 0 Å². The molecule has 1 aliphatic carbocycles. The molecular formula is C27H27NO. The van der Waals surface area contributed by atoms with Crippen molar-refractivity contribution >= 4 is 5.78 Å². The average Bonchev–Trinajstić information content (AvgIpc) is 3.09. The number of fused-ring (bicyclic) bond motifs is 1. The van der Waals surface area contributed by atoms with Crippen LogP contribution in [0.1, 0.15) is 39.9 Å². The van der Waals surface area contributed by atoms with Gasteiger partial charge in [-0.05, 0) is 55.0 Å². The topological polar surface area (TPSA) is 20.3 Å². The Bertz CT molecular complexity index is 989. The third-order valence-electron chi connectivity index (χ3n) is 6.96. The number of ketones is 1. The van der Waals surface area contributed by atoms with Crippen LogP contribution in [0.2, 0.25) is 0 Å². The van der Waals surface area contributed by atoms with Gasteiger partial charge in [0.25, 0.3) is 0 Å². The summed E-state index contributed by atoms with van der Waals surface area (Å²) in [5.74, 6) is 0.720. The number of rotatable bonds is 4. The number of hydrogen-bond donors (Lipinski definition) is 0. The first kappa shape index (κ1) is 18.3. The Kier molecular flexibility index (Phi) is 4.81. The van der Waals surface area contributed by atoms with E-state index in [0.29, 0.717) is 11.7 Å². The van der Waals surface area contributed by atoms with Crippen LogP contribution in [-0.4, -0.2) is 23.8 Å². The van der Waals surface area contributed by atoms with Gasteiger partial charge in [0, 0.05) is 12.1 Å². The second kappa shape index (κ2) is 7.61. The maximum atomic E-state index is 13.8. The van der Waals surface area contributed by atoms with Gasteiger partial charge in [-0.25, -0.2) is 0 Å². The molecule has 29 heavy (non-hydrogen) atoms. The van der Waals surface area contributed by atoms with E-state index in [0.717, 1.165) is 44.5 Å². The van der Waals surface area contributed by atoms with Crippen molar-refractivity contribution in [1.29, 1.82) is 0 Å². The molecule has 2 heteroatoms. The molecule has 5 rings (SSSR count). The van der Waals surface area contributed by atoms with Crippen LogP contribution in [0.4, 0.5) is 0 Å². The molecule has 3 aromatic rings. The Hall–Kier alpha value is -2.71. The molecule has 146 valence electrons. The number of likely N-dealkylation sites (tertiary alicyclic amines) is 1. The van der Waals surface area contributed by atoms with E-state index in [1.807, 2.05) is 18.2 Å². The van der Waals surface area contributed by atoms with Gasteiger partial charge < -0.3 is 0 Å². The van der Waals surface area contributed by atoms with Gasteiger partial charge in [0.2, 0.25) is 0 Å². The van der Waals surface area contributed by atoms with Gasteiger partial charge in [0.05, 0.1) is 5.41 Å². The number of hydrogen-bond acceptors (Lipinski definition) is 2. The molecule has 0 radical (unpaired) electrons. The Morgan fingerprint density at radius 3 is 2.10 bits per heavy atom. The highest BCUT2D eigenvalue weighted by atomic mass is 16.1. The molecule has 1 aliphatic heterocycles. The van der Waals surface area contributed by atoms with Crippen LogP contribution in [0.15, 0.2) is 84.9 Å². The van der Waals surface area contributed by atoms with Crippen LogP contribution in [0.3, 0.4) is 0 Å². The van der Waals surface area contributed by atoms with Gasteiger partial charge in [-0.2, -0.15) is 0 Å². The van der Waals surface area contributed by atoms with E-state index in [4.69, 9.17) is 0 Å². The number of carbonyl (C=O) groups excluding carboxylic acids is 1. The number of nitrogens with zero attached hydrogens (tertiary/aromatic N) is 1. The van der Waals surface area contributed by atoms with Crippen LogP contribution in [-0.2, 0) is 18.4 Å². The molecule has 0 amide bonds. The van der Waals surface area contributed by atoms with Gasteiger partial charge in [-0.15, -0.1) is 0 Å². The van der Waals surface area contributed by atoms with Crippen molar-refractivity contribution in [2.24, 2.45) is 5.92 Å². The highest BCUT2D eigenvalue weighted by Crippen LogP contribution is 2.48. The Morgan fingerprint density at radius 1 is 0.793 bits per heavy atom. The highest BCUT2D eigenvalue weighted by molar-refractivity contribution is 6.08. The number of piperidine rings is 1. The molecule has 2 aliphatic rings. The van der Waals surface area contributed by atoms with Crippen LogP contribution in [0, 0.1) is 5.92 Å². The molecular weight excluding hydrogens is 354 g/mol. The van der Waals surface area contributed by atoms with E-state index in [2.05, 4.69) is 71.6 Å². The van der Waals surface area contributed by atoms with Crippen LogP contribution < -0.4 is 0 Å². The molecule has 1 fully saturated rings.